The molecule has 2 aromatic carbocycles. The predicted molar refractivity (Wildman–Crippen MR) is 101 cm³/mol. The van der Waals surface area contributed by atoms with Gasteiger partial charge >= 0.3 is 6.03 Å². The van der Waals surface area contributed by atoms with Crippen LogP contribution in [0, 0.1) is 0 Å². The van der Waals surface area contributed by atoms with Gasteiger partial charge in [-0.25, -0.2) is 4.79 Å². The molecule has 0 saturated heterocycles. The Bertz CT molecular complexity index is 738. The van der Waals surface area contributed by atoms with E-state index in [9.17, 15) is 9.59 Å². The molecule has 0 radical (unpaired) electrons. The van der Waals surface area contributed by atoms with Crippen LogP contribution in [0.1, 0.15) is 42.6 Å². The molecule has 132 valence electrons. The van der Waals surface area contributed by atoms with Gasteiger partial charge in [-0.3, -0.25) is 4.79 Å². The van der Waals surface area contributed by atoms with Crippen LogP contribution >= 0.6 is 11.6 Å². The topological polar surface area (TPSA) is 84.2 Å². The van der Waals surface area contributed by atoms with E-state index in [2.05, 4.69) is 10.6 Å². The molecule has 0 atom stereocenters. The second-order valence-corrected chi connectivity index (χ2v) is 6.25. The van der Waals surface area contributed by atoms with Crippen molar-refractivity contribution < 1.29 is 9.59 Å². The molecule has 6 heteroatoms. The van der Waals surface area contributed by atoms with Gasteiger partial charge in [0.25, 0.3) is 5.91 Å². The van der Waals surface area contributed by atoms with Crippen molar-refractivity contribution in [3.05, 3.63) is 64.7 Å². The average Bonchev–Trinajstić information content (AvgIpc) is 2.60. The van der Waals surface area contributed by atoms with E-state index in [-0.39, 0.29) is 5.91 Å². The molecule has 4 N–H and O–H groups in total. The summed E-state index contributed by atoms with van der Waals surface area (Å²) < 4.78 is 0. The molecule has 0 aliphatic heterocycles. The number of amides is 3. The Hall–Kier alpha value is -2.53. The molecular weight excluding hydrogens is 338 g/mol. The molecule has 2 rings (SSSR count). The van der Waals surface area contributed by atoms with Crippen LogP contribution in [0.3, 0.4) is 0 Å². The second kappa shape index (κ2) is 8.03. The SMILES string of the molecule is CCC(CC)(NC(=O)c1ccc(NC(N)=O)cc1)c1ccc(Cl)cc1. The number of carbonyl (C=O) groups excluding carboxylic acids is 2. The highest BCUT2D eigenvalue weighted by atomic mass is 35.5. The van der Waals surface area contributed by atoms with E-state index >= 15 is 0 Å². The lowest BCUT2D eigenvalue weighted by Gasteiger charge is -2.33. The third-order valence-electron chi connectivity index (χ3n) is 4.37. The van der Waals surface area contributed by atoms with Gasteiger partial charge in [-0.1, -0.05) is 37.6 Å². The molecule has 3 amide bonds. The first-order valence-electron chi connectivity index (χ1n) is 8.15. The summed E-state index contributed by atoms with van der Waals surface area (Å²) in [6, 6.07) is 13.5. The van der Waals surface area contributed by atoms with Gasteiger partial charge in [-0.15, -0.1) is 0 Å². The first-order valence-corrected chi connectivity index (χ1v) is 8.53. The van der Waals surface area contributed by atoms with Crippen molar-refractivity contribution in [2.45, 2.75) is 32.2 Å². The number of hydrogen-bond acceptors (Lipinski definition) is 2. The number of urea groups is 1. The first-order chi connectivity index (χ1) is 11.9. The van der Waals surface area contributed by atoms with Crippen LogP contribution in [0.2, 0.25) is 5.02 Å². The zero-order valence-corrected chi connectivity index (χ0v) is 15.1. The standard InChI is InChI=1S/C19H22ClN3O2/c1-3-19(4-2,14-7-9-15(20)10-8-14)23-17(24)13-5-11-16(12-6-13)22-18(21)25/h5-12H,3-4H2,1-2H3,(H,23,24)(H3,21,22,25). The lowest BCUT2D eigenvalue weighted by Crippen LogP contribution is -2.45. The molecular formula is C19H22ClN3O2. The van der Waals surface area contributed by atoms with E-state index in [1.807, 2.05) is 38.1 Å². The zero-order chi connectivity index (χ0) is 18.4. The number of benzene rings is 2. The van der Waals surface area contributed by atoms with Crippen molar-refractivity contribution >= 4 is 29.2 Å². The van der Waals surface area contributed by atoms with Crippen LogP contribution in [-0.2, 0) is 5.54 Å². The first kappa shape index (κ1) is 18.8. The lowest BCUT2D eigenvalue weighted by atomic mass is 9.84. The minimum Gasteiger partial charge on any atom is -0.351 e. The monoisotopic (exact) mass is 359 g/mol. The fourth-order valence-electron chi connectivity index (χ4n) is 2.81. The maximum atomic E-state index is 12.7. The molecule has 0 aromatic heterocycles. The minimum atomic E-state index is -0.643. The van der Waals surface area contributed by atoms with Gasteiger partial charge in [0.1, 0.15) is 0 Å². The van der Waals surface area contributed by atoms with E-state index < -0.39 is 11.6 Å². The van der Waals surface area contributed by atoms with E-state index in [0.29, 0.717) is 16.3 Å². The summed E-state index contributed by atoms with van der Waals surface area (Å²) in [7, 11) is 0. The van der Waals surface area contributed by atoms with Crippen molar-refractivity contribution in [3.63, 3.8) is 0 Å². The number of halogens is 1. The molecule has 0 unspecified atom stereocenters. The summed E-state index contributed by atoms with van der Waals surface area (Å²) in [5.74, 6) is -0.177. The van der Waals surface area contributed by atoms with E-state index in [4.69, 9.17) is 17.3 Å². The maximum absolute atomic E-state index is 12.7. The molecule has 0 spiro atoms. The van der Waals surface area contributed by atoms with Crippen LogP contribution in [0.4, 0.5) is 10.5 Å². The van der Waals surface area contributed by atoms with Crippen LogP contribution in [0.15, 0.2) is 48.5 Å². The summed E-state index contributed by atoms with van der Waals surface area (Å²) in [6.07, 6.45) is 1.50. The Morgan fingerprint density at radius 1 is 1.00 bits per heavy atom. The van der Waals surface area contributed by atoms with Crippen molar-refractivity contribution in [2.75, 3.05) is 5.32 Å². The van der Waals surface area contributed by atoms with Crippen molar-refractivity contribution in [1.82, 2.24) is 5.32 Å². The molecule has 0 bridgehead atoms. The van der Waals surface area contributed by atoms with E-state index in [0.717, 1.165) is 18.4 Å². The number of nitrogens with two attached hydrogens (primary N) is 1. The number of primary amides is 1. The maximum Gasteiger partial charge on any atom is 0.316 e. The minimum absolute atomic E-state index is 0.177. The van der Waals surface area contributed by atoms with Gasteiger partial charge in [0.15, 0.2) is 0 Å². The molecule has 0 heterocycles. The Morgan fingerprint density at radius 2 is 1.56 bits per heavy atom. The van der Waals surface area contributed by atoms with Crippen LogP contribution in [-0.4, -0.2) is 11.9 Å². The number of hydrogen-bond donors (Lipinski definition) is 3. The number of nitrogens with one attached hydrogen (secondary N) is 2. The fraction of sp³-hybridized carbons (Fsp3) is 0.263. The third-order valence-corrected chi connectivity index (χ3v) is 4.62. The normalized spacial score (nSPS) is 11.0. The van der Waals surface area contributed by atoms with E-state index in [1.165, 1.54) is 0 Å². The second-order valence-electron chi connectivity index (χ2n) is 5.82. The van der Waals surface area contributed by atoms with Crippen LogP contribution in [0.25, 0.3) is 0 Å². The predicted octanol–water partition coefficient (Wildman–Crippen LogP) is 4.28. The molecule has 0 aliphatic carbocycles. The summed E-state index contributed by atoms with van der Waals surface area (Å²) in [5.41, 5.74) is 6.68. The summed E-state index contributed by atoms with van der Waals surface area (Å²) in [4.78, 5) is 23.6. The van der Waals surface area contributed by atoms with Crippen molar-refractivity contribution in [2.24, 2.45) is 5.73 Å². The van der Waals surface area contributed by atoms with Crippen molar-refractivity contribution in [1.29, 1.82) is 0 Å². The largest absolute Gasteiger partial charge is 0.351 e. The van der Waals surface area contributed by atoms with E-state index in [1.54, 1.807) is 24.3 Å². The summed E-state index contributed by atoms with van der Waals surface area (Å²) in [6.45, 7) is 4.08. The number of rotatable bonds is 6. The summed E-state index contributed by atoms with van der Waals surface area (Å²) in [5, 5.41) is 6.28. The quantitative estimate of drug-likeness (QED) is 0.719. The highest BCUT2D eigenvalue weighted by Gasteiger charge is 2.30. The van der Waals surface area contributed by atoms with Crippen molar-refractivity contribution in [3.8, 4) is 0 Å². The summed E-state index contributed by atoms with van der Waals surface area (Å²) >= 11 is 5.97. The Kier molecular flexibility index (Phi) is 6.04. The van der Waals surface area contributed by atoms with Crippen LogP contribution < -0.4 is 16.4 Å². The van der Waals surface area contributed by atoms with Gasteiger partial charge in [-0.2, -0.15) is 0 Å². The number of carbonyl (C=O) groups is 2. The Labute approximate surface area is 152 Å². The molecule has 25 heavy (non-hydrogen) atoms. The van der Waals surface area contributed by atoms with Gasteiger partial charge in [-0.05, 0) is 54.8 Å². The zero-order valence-electron chi connectivity index (χ0n) is 14.3. The average molecular weight is 360 g/mol. The van der Waals surface area contributed by atoms with Gasteiger partial charge in [0.05, 0.1) is 5.54 Å². The molecule has 0 aliphatic rings. The molecule has 5 nitrogen and oxygen atoms in total. The molecule has 0 saturated carbocycles. The highest BCUT2D eigenvalue weighted by molar-refractivity contribution is 6.30. The lowest BCUT2D eigenvalue weighted by molar-refractivity contribution is 0.0889. The highest BCUT2D eigenvalue weighted by Crippen LogP contribution is 2.30. The number of anilines is 1. The third kappa shape index (κ3) is 4.51. The van der Waals surface area contributed by atoms with Gasteiger partial charge < -0.3 is 16.4 Å². The Balaban J connectivity index is 2.22. The van der Waals surface area contributed by atoms with Gasteiger partial charge in [0.2, 0.25) is 0 Å². The van der Waals surface area contributed by atoms with Gasteiger partial charge in [0, 0.05) is 16.3 Å². The molecule has 2 aromatic rings. The Morgan fingerprint density at radius 3 is 2.04 bits per heavy atom. The molecule has 0 fully saturated rings. The fourth-order valence-corrected chi connectivity index (χ4v) is 2.94. The smallest absolute Gasteiger partial charge is 0.316 e. The van der Waals surface area contributed by atoms with Crippen LogP contribution in [0.5, 0.6) is 0 Å².